The second-order valence-electron chi connectivity index (χ2n) is 4.91. The molecule has 0 aromatic rings. The number of urea groups is 1. The first-order valence-electron chi connectivity index (χ1n) is 5.90. The first-order valence-corrected chi connectivity index (χ1v) is 5.90. The summed E-state index contributed by atoms with van der Waals surface area (Å²) in [7, 11) is 0. The van der Waals surface area contributed by atoms with Gasteiger partial charge in [0.05, 0.1) is 5.54 Å². The van der Waals surface area contributed by atoms with Crippen LogP contribution in [-0.4, -0.2) is 53.6 Å². The Morgan fingerprint density at radius 2 is 2.27 bits per heavy atom. The lowest BCUT2D eigenvalue weighted by molar-refractivity contribution is 0.140. The highest BCUT2D eigenvalue weighted by molar-refractivity contribution is 5.78. The average Bonchev–Trinajstić information content (AvgIpc) is 2.73. The van der Waals surface area contributed by atoms with Gasteiger partial charge in [0.2, 0.25) is 0 Å². The van der Waals surface area contributed by atoms with Crippen LogP contribution in [0.3, 0.4) is 0 Å². The summed E-state index contributed by atoms with van der Waals surface area (Å²) in [5, 5.41) is 3.38. The molecule has 2 saturated heterocycles. The van der Waals surface area contributed by atoms with Gasteiger partial charge in [-0.2, -0.15) is 0 Å². The molecule has 0 saturated carbocycles. The van der Waals surface area contributed by atoms with E-state index in [2.05, 4.69) is 31.0 Å². The molecule has 1 N–H and O–H groups in total. The van der Waals surface area contributed by atoms with Crippen LogP contribution in [0.25, 0.3) is 0 Å². The molecule has 1 atom stereocenters. The fourth-order valence-electron chi connectivity index (χ4n) is 2.94. The number of amides is 2. The van der Waals surface area contributed by atoms with E-state index in [0.717, 1.165) is 32.6 Å². The van der Waals surface area contributed by atoms with Gasteiger partial charge >= 0.3 is 6.03 Å². The van der Waals surface area contributed by atoms with Crippen molar-refractivity contribution in [1.82, 2.24) is 15.1 Å². The van der Waals surface area contributed by atoms with Crippen LogP contribution in [-0.2, 0) is 0 Å². The fourth-order valence-corrected chi connectivity index (χ4v) is 2.94. The molecule has 4 nitrogen and oxygen atoms in total. The Morgan fingerprint density at radius 1 is 1.53 bits per heavy atom. The lowest BCUT2D eigenvalue weighted by Crippen LogP contribution is -2.52. The van der Waals surface area contributed by atoms with Gasteiger partial charge in [-0.3, -0.25) is 0 Å². The summed E-state index contributed by atoms with van der Waals surface area (Å²) in [6, 6.07) is 0.519. The molecule has 0 radical (unpaired) electrons. The highest BCUT2D eigenvalue weighted by Gasteiger charge is 2.51. The molecule has 1 spiro atoms. The number of carbonyl (C=O) groups is 1. The van der Waals surface area contributed by atoms with Gasteiger partial charge in [-0.1, -0.05) is 0 Å². The third-order valence-corrected chi connectivity index (χ3v) is 3.59. The molecule has 2 heterocycles. The summed E-state index contributed by atoms with van der Waals surface area (Å²) in [6.07, 6.45) is 1.09. The van der Waals surface area contributed by atoms with Gasteiger partial charge in [-0.25, -0.2) is 4.79 Å². The fraction of sp³-hybridized carbons (Fsp3) is 0.909. The summed E-state index contributed by atoms with van der Waals surface area (Å²) in [6.45, 7) is 9.98. The number of carbonyl (C=O) groups excluding carboxylic acids is 1. The monoisotopic (exact) mass is 211 g/mol. The van der Waals surface area contributed by atoms with Gasteiger partial charge in [-0.15, -0.1) is 0 Å². The molecule has 86 valence electrons. The van der Waals surface area contributed by atoms with Crippen LogP contribution in [0.15, 0.2) is 0 Å². The maximum absolute atomic E-state index is 12.2. The van der Waals surface area contributed by atoms with Gasteiger partial charge in [-0.05, 0) is 33.7 Å². The summed E-state index contributed by atoms with van der Waals surface area (Å²) >= 11 is 0. The molecule has 2 aliphatic rings. The van der Waals surface area contributed by atoms with Crippen molar-refractivity contribution < 1.29 is 4.79 Å². The van der Waals surface area contributed by atoms with Crippen molar-refractivity contribution in [2.45, 2.75) is 38.8 Å². The summed E-state index contributed by atoms with van der Waals surface area (Å²) in [5.74, 6) is 0. The molecule has 2 amide bonds. The number of nitrogens with one attached hydrogen (secondary N) is 1. The van der Waals surface area contributed by atoms with Crippen LogP contribution in [0, 0.1) is 0 Å². The van der Waals surface area contributed by atoms with Crippen molar-refractivity contribution in [3.63, 3.8) is 0 Å². The first-order chi connectivity index (χ1) is 7.10. The Kier molecular flexibility index (Phi) is 2.63. The number of hydrogen-bond donors (Lipinski definition) is 1. The van der Waals surface area contributed by atoms with Crippen molar-refractivity contribution in [2.75, 3.05) is 26.2 Å². The van der Waals surface area contributed by atoms with E-state index in [1.807, 2.05) is 4.90 Å². The van der Waals surface area contributed by atoms with Crippen molar-refractivity contribution in [3.05, 3.63) is 0 Å². The number of nitrogens with zero attached hydrogens (tertiary/aromatic N) is 2. The van der Waals surface area contributed by atoms with Crippen molar-refractivity contribution in [2.24, 2.45) is 0 Å². The van der Waals surface area contributed by atoms with E-state index < -0.39 is 0 Å². The maximum atomic E-state index is 12.2. The molecular formula is C11H21N3O. The summed E-state index contributed by atoms with van der Waals surface area (Å²) in [4.78, 5) is 16.2. The van der Waals surface area contributed by atoms with Crippen LogP contribution >= 0.6 is 0 Å². The van der Waals surface area contributed by atoms with Gasteiger partial charge in [0.15, 0.2) is 0 Å². The summed E-state index contributed by atoms with van der Waals surface area (Å²) in [5.41, 5.74) is 0.0707. The van der Waals surface area contributed by atoms with E-state index >= 15 is 0 Å². The van der Waals surface area contributed by atoms with Crippen molar-refractivity contribution in [1.29, 1.82) is 0 Å². The van der Waals surface area contributed by atoms with Crippen molar-refractivity contribution in [3.8, 4) is 0 Å². The molecule has 0 aromatic heterocycles. The Balaban J connectivity index is 2.26. The molecule has 15 heavy (non-hydrogen) atoms. The van der Waals surface area contributed by atoms with Gasteiger partial charge in [0.1, 0.15) is 0 Å². The zero-order valence-corrected chi connectivity index (χ0v) is 9.92. The van der Waals surface area contributed by atoms with Crippen LogP contribution in [0.1, 0.15) is 27.2 Å². The lowest BCUT2D eigenvalue weighted by Gasteiger charge is -2.35. The Morgan fingerprint density at radius 3 is 2.73 bits per heavy atom. The van der Waals surface area contributed by atoms with Crippen molar-refractivity contribution >= 4 is 6.03 Å². The largest absolute Gasteiger partial charge is 0.322 e. The number of hydrogen-bond acceptors (Lipinski definition) is 2. The normalized spacial score (nSPS) is 31.3. The molecule has 0 aliphatic carbocycles. The zero-order chi connectivity index (χ0) is 11.1. The molecule has 1 unspecified atom stereocenters. The minimum atomic E-state index is 0.0707. The zero-order valence-electron chi connectivity index (χ0n) is 9.92. The van der Waals surface area contributed by atoms with Crippen LogP contribution in [0.2, 0.25) is 0 Å². The van der Waals surface area contributed by atoms with Gasteiger partial charge in [0, 0.05) is 25.7 Å². The summed E-state index contributed by atoms with van der Waals surface area (Å²) < 4.78 is 0. The van der Waals surface area contributed by atoms with Gasteiger partial charge in [0.25, 0.3) is 0 Å². The quantitative estimate of drug-likeness (QED) is 0.736. The van der Waals surface area contributed by atoms with E-state index in [9.17, 15) is 4.79 Å². The Bertz CT molecular complexity index is 259. The average molecular weight is 211 g/mol. The second kappa shape index (κ2) is 3.67. The molecular weight excluding hydrogens is 190 g/mol. The predicted octanol–water partition coefficient (Wildman–Crippen LogP) is 0.884. The van der Waals surface area contributed by atoms with Crippen LogP contribution < -0.4 is 5.32 Å². The maximum Gasteiger partial charge on any atom is 0.320 e. The lowest BCUT2D eigenvalue weighted by atomic mass is 9.96. The second-order valence-corrected chi connectivity index (χ2v) is 4.91. The van der Waals surface area contributed by atoms with E-state index in [4.69, 9.17) is 0 Å². The minimum absolute atomic E-state index is 0.0707. The minimum Gasteiger partial charge on any atom is -0.322 e. The van der Waals surface area contributed by atoms with E-state index in [1.165, 1.54) is 0 Å². The Labute approximate surface area is 91.6 Å². The third kappa shape index (κ3) is 1.51. The predicted molar refractivity (Wildman–Crippen MR) is 59.8 cm³/mol. The third-order valence-electron chi connectivity index (χ3n) is 3.59. The standard InChI is InChI=1S/C11H21N3O/c1-4-13-8-11(5-6-12-7-11)14(9(2)3)10(13)15/h9,12H,4-8H2,1-3H3. The SMILES string of the molecule is CCN1CC2(CCNC2)N(C(C)C)C1=O. The van der Waals surface area contributed by atoms with Gasteiger partial charge < -0.3 is 15.1 Å². The van der Waals surface area contributed by atoms with E-state index in [1.54, 1.807) is 0 Å². The number of likely N-dealkylation sites (N-methyl/N-ethyl adjacent to an activating group) is 1. The topological polar surface area (TPSA) is 35.6 Å². The molecule has 2 aliphatic heterocycles. The highest BCUT2D eigenvalue weighted by Crippen LogP contribution is 2.33. The smallest absolute Gasteiger partial charge is 0.320 e. The van der Waals surface area contributed by atoms with Crippen LogP contribution in [0.5, 0.6) is 0 Å². The molecule has 2 rings (SSSR count). The molecule has 0 bridgehead atoms. The van der Waals surface area contributed by atoms with Crippen LogP contribution in [0.4, 0.5) is 4.79 Å². The highest BCUT2D eigenvalue weighted by atomic mass is 16.2. The Hall–Kier alpha value is -0.770. The van der Waals surface area contributed by atoms with E-state index in [0.29, 0.717) is 6.04 Å². The van der Waals surface area contributed by atoms with E-state index in [-0.39, 0.29) is 11.6 Å². The molecule has 4 heteroatoms. The number of rotatable bonds is 2. The molecule has 2 fully saturated rings. The molecule has 0 aromatic carbocycles. The first kappa shape index (κ1) is 10.7.